The van der Waals surface area contributed by atoms with Crippen LogP contribution in [0.25, 0.3) is 22.8 Å². The topological polar surface area (TPSA) is 225 Å². The van der Waals surface area contributed by atoms with Gasteiger partial charge in [0.15, 0.2) is 19.7 Å². The number of nitrogens with one attached hydrogen (secondary N) is 1. The van der Waals surface area contributed by atoms with Crippen molar-refractivity contribution in [2.75, 3.05) is 47.0 Å². The molecule has 8 rings (SSSR count). The smallest absolute Gasteiger partial charge is 0.227 e. The van der Waals surface area contributed by atoms with Gasteiger partial charge in [-0.1, -0.05) is 20.8 Å². The van der Waals surface area contributed by atoms with E-state index in [-0.39, 0.29) is 34.9 Å². The molecule has 16 nitrogen and oxygen atoms in total. The fourth-order valence-corrected chi connectivity index (χ4v) is 7.57. The van der Waals surface area contributed by atoms with Crippen LogP contribution >= 0.6 is 23.7 Å². The van der Waals surface area contributed by atoms with Crippen LogP contribution in [0, 0.1) is 22.7 Å². The number of rotatable bonds is 11. The fraction of sp³-hybridized carbons (Fsp3) is 0.362. The maximum atomic E-state index is 13.6. The first-order valence-corrected chi connectivity index (χ1v) is 25.7. The first-order chi connectivity index (χ1) is 33.5. The summed E-state index contributed by atoms with van der Waals surface area (Å²) in [6.07, 6.45) is 7.23. The van der Waals surface area contributed by atoms with Gasteiger partial charge in [-0.15, -0.1) is 0 Å². The van der Waals surface area contributed by atoms with Gasteiger partial charge in [0.25, 0.3) is 0 Å². The van der Waals surface area contributed by atoms with E-state index < -0.39 is 20.7 Å². The molecule has 2 saturated heterocycles. The Morgan fingerprint density at radius 2 is 1.36 bits per heavy atom. The first kappa shape index (κ1) is 51.9. The third kappa shape index (κ3) is 15.5. The molecule has 6 aromatic rings. The van der Waals surface area contributed by atoms with Crippen molar-refractivity contribution in [3.8, 4) is 34.9 Å². The van der Waals surface area contributed by atoms with Gasteiger partial charge in [0.1, 0.15) is 24.5 Å². The fourth-order valence-electron chi connectivity index (χ4n) is 6.48. The molecule has 0 spiro atoms. The van der Waals surface area contributed by atoms with Crippen LogP contribution in [0.3, 0.4) is 0 Å². The molecule has 358 valence electrons. The maximum absolute atomic E-state index is 13.6. The standard InChI is InChI=1S/C26H32FN7OSi.C14H11ClFN5.C6H8N2O.CH3BS/c1-26(2,3)36(4,5)35-17-20-7-6-19(15-30-20)31-25-29-12-10-22(33-25)21-8-9-24(23(14-28)32-21)34-13-11-18(27)16-34;15-14-18-5-3-11(20-14)10-1-2-13(12(7-17)19-10)21-6-4-9(16)8-21;7-5-1-2-6(4-9)8-3-5;1-2-3/h6-10,12,15,18H,11,13,16-17H2,1-5H3,(H,29,31,33);1-3,5,9H,4,6,8H2;1-3,9H,4,7H2;1H3/t18-;9-;;/m00../s1/i;;9T;. The van der Waals surface area contributed by atoms with Crippen LogP contribution in [0.2, 0.25) is 30.2 Å². The zero-order chi connectivity index (χ0) is 50.8. The number of halogens is 3. The monoisotopic (exact) mass is 992 g/mol. The van der Waals surface area contributed by atoms with Crippen molar-refractivity contribution in [1.82, 2.24) is 39.9 Å². The second-order valence-corrected chi connectivity index (χ2v) is 22.8. The summed E-state index contributed by atoms with van der Waals surface area (Å²) in [6.45, 7) is 15.4. The SMILES string of the molecule is CB=S.CC(C)(C)[Si](C)(C)OCc1ccc(Nc2nccc(-c3ccc(N4CC[C@H](F)C4)c(C#N)n3)n2)cn1.N#Cc1nc(-c2ccnc(Cl)n2)ccc1N1CC[C@H](F)C1.[3H]OCc1ccc(N)cn1. The average Bonchev–Trinajstić information content (AvgIpc) is 3.99. The molecule has 0 aliphatic carbocycles. The molecule has 0 radical (unpaired) electrons. The Hall–Kier alpha value is -6.49. The number of aliphatic hydroxyl groups excluding tert-OH is 1. The van der Waals surface area contributed by atoms with Crippen molar-refractivity contribution >= 4 is 66.8 Å². The van der Waals surface area contributed by atoms with Crippen molar-refractivity contribution in [3.05, 3.63) is 114 Å². The Morgan fingerprint density at radius 1 is 0.826 bits per heavy atom. The van der Waals surface area contributed by atoms with Crippen LogP contribution in [-0.2, 0) is 17.6 Å². The van der Waals surface area contributed by atoms with E-state index in [1.807, 2.05) is 34.8 Å². The Labute approximate surface area is 414 Å². The number of nitrogens with zero attached hydrogens (tertiary/aromatic N) is 12. The Balaban J connectivity index is 0.000000224. The predicted molar refractivity (Wildman–Crippen MR) is 272 cm³/mol. The van der Waals surface area contributed by atoms with E-state index in [2.05, 4.69) is 108 Å². The van der Waals surface area contributed by atoms with Crippen LogP contribution in [0.1, 0.15) is 56.4 Å². The minimum Gasteiger partial charge on any atom is -0.411 e. The molecule has 0 saturated carbocycles. The van der Waals surface area contributed by atoms with E-state index in [0.717, 1.165) is 11.4 Å². The van der Waals surface area contributed by atoms with E-state index in [1.165, 1.54) is 12.4 Å². The molecule has 6 aromatic heterocycles. The second-order valence-electron chi connectivity index (χ2n) is 17.2. The predicted octanol–water partition coefficient (Wildman–Crippen LogP) is 9.24. The molecule has 0 unspecified atom stereocenters. The van der Waals surface area contributed by atoms with Gasteiger partial charge in [0.2, 0.25) is 12.7 Å². The molecule has 2 aliphatic rings. The maximum Gasteiger partial charge on any atom is 0.227 e. The third-order valence-electron chi connectivity index (χ3n) is 11.2. The number of nitrogens with two attached hydrogens (primary N) is 1. The van der Waals surface area contributed by atoms with E-state index in [1.54, 1.807) is 61.0 Å². The van der Waals surface area contributed by atoms with Crippen molar-refractivity contribution in [1.29, 1.82) is 12.0 Å². The summed E-state index contributed by atoms with van der Waals surface area (Å²) >= 11 is 10.0. The Bertz CT molecular complexity index is 2750. The molecule has 2 atom stereocenters. The number of anilines is 5. The van der Waals surface area contributed by atoms with Crippen LogP contribution in [0.5, 0.6) is 0 Å². The van der Waals surface area contributed by atoms with Gasteiger partial charge in [-0.3, -0.25) is 9.97 Å². The summed E-state index contributed by atoms with van der Waals surface area (Å²) in [7, 11) is -1.84. The summed E-state index contributed by atoms with van der Waals surface area (Å²) in [4.78, 5) is 37.6. The molecule has 8 heterocycles. The third-order valence-corrected chi connectivity index (χ3v) is 15.8. The van der Waals surface area contributed by atoms with Crippen molar-refractivity contribution in [2.45, 2.75) is 84.1 Å². The second kappa shape index (κ2) is 25.2. The van der Waals surface area contributed by atoms with Crippen LogP contribution in [0.4, 0.5) is 37.5 Å². The van der Waals surface area contributed by atoms with Gasteiger partial charge in [0.05, 0.1) is 82.5 Å². The van der Waals surface area contributed by atoms with Gasteiger partial charge >= 0.3 is 25.0 Å². The van der Waals surface area contributed by atoms with Gasteiger partial charge < -0.3 is 30.4 Å². The van der Waals surface area contributed by atoms with Crippen molar-refractivity contribution < 1.29 is 18.3 Å². The van der Waals surface area contributed by atoms with Crippen LogP contribution in [-0.4, -0.2) is 99.4 Å². The van der Waals surface area contributed by atoms with Crippen molar-refractivity contribution in [3.63, 3.8) is 0 Å². The molecule has 2 aliphatic heterocycles. The largest absolute Gasteiger partial charge is 0.411 e. The molecule has 69 heavy (non-hydrogen) atoms. The number of alkyl halides is 2. The molecule has 22 heteroatoms. The van der Waals surface area contributed by atoms with E-state index in [4.69, 9.17) is 23.2 Å². The number of hydrogen-bond acceptors (Lipinski definition) is 17. The summed E-state index contributed by atoms with van der Waals surface area (Å²) in [6, 6.07) is 22.0. The normalized spacial score (nSPS) is 15.4. The van der Waals surface area contributed by atoms with E-state index >= 15 is 0 Å². The van der Waals surface area contributed by atoms with Gasteiger partial charge in [-0.2, -0.15) is 10.5 Å². The molecule has 0 amide bonds. The zero-order valence-corrected chi connectivity index (χ0v) is 41.8. The Kier molecular flexibility index (Phi) is 19.0. The van der Waals surface area contributed by atoms with Gasteiger partial charge in [-0.25, -0.2) is 38.7 Å². The number of hydrogen-bond donors (Lipinski definition) is 3. The average molecular weight is 993 g/mol. The summed E-state index contributed by atoms with van der Waals surface area (Å²) in [5, 5.41) is 26.4. The quantitative estimate of drug-likeness (QED) is 0.0812. The van der Waals surface area contributed by atoms with Crippen LogP contribution < -0.4 is 20.9 Å². The number of pyridine rings is 4. The minimum atomic E-state index is -1.84. The summed E-state index contributed by atoms with van der Waals surface area (Å²) in [5.41, 5.74) is 12.4. The molecular formula is C47H54BClF2N14O2SSi. The van der Waals surface area contributed by atoms with E-state index in [9.17, 15) is 19.3 Å². The zero-order valence-electron chi connectivity index (χ0n) is 40.3. The first-order valence-electron chi connectivity index (χ1n) is 22.3. The molecule has 0 aromatic carbocycles. The summed E-state index contributed by atoms with van der Waals surface area (Å²) in [5.74, 6) is 0.392. The number of nitrogen functional groups attached to an aromatic ring is 1. The summed E-state index contributed by atoms with van der Waals surface area (Å²) < 4.78 is 39.6. The molecular weight excluding hydrogens is 937 g/mol. The van der Waals surface area contributed by atoms with Crippen LogP contribution in [0.15, 0.2) is 85.5 Å². The molecule has 0 bridgehead atoms. The molecule has 2 fully saturated rings. The molecule has 4 N–H and O–H groups in total. The van der Waals surface area contributed by atoms with E-state index in [0.29, 0.717) is 90.6 Å². The number of nitriles is 2. The van der Waals surface area contributed by atoms with Gasteiger partial charge in [-0.05, 0) is 103 Å². The number of aromatic nitrogens is 8. The van der Waals surface area contributed by atoms with Crippen molar-refractivity contribution in [2.24, 2.45) is 0 Å². The number of aliphatic hydroxyl groups is 1. The minimum absolute atomic E-state index is 0.122. The Morgan fingerprint density at radius 3 is 1.83 bits per heavy atom. The van der Waals surface area contributed by atoms with Gasteiger partial charge in [0, 0.05) is 38.6 Å².